The van der Waals surface area contributed by atoms with E-state index in [9.17, 15) is 0 Å². The molecule has 2 aliphatic heterocycles. The topological polar surface area (TPSA) is 52.7 Å². The predicted molar refractivity (Wildman–Crippen MR) is 102 cm³/mol. The fourth-order valence-electron chi connectivity index (χ4n) is 4.35. The molecule has 0 radical (unpaired) electrons. The summed E-state index contributed by atoms with van der Waals surface area (Å²) in [6, 6.07) is 7.57. The van der Waals surface area contributed by atoms with E-state index in [-0.39, 0.29) is 0 Å². The van der Waals surface area contributed by atoms with Crippen molar-refractivity contribution < 1.29 is 0 Å². The molecule has 3 N–H and O–H groups in total. The molecule has 0 aliphatic carbocycles. The first kappa shape index (κ1) is 15.1. The molecule has 4 heteroatoms. The van der Waals surface area contributed by atoms with Crippen LogP contribution in [0.15, 0.2) is 30.6 Å². The summed E-state index contributed by atoms with van der Waals surface area (Å²) < 4.78 is 0. The Labute approximate surface area is 148 Å². The fourth-order valence-corrected chi connectivity index (χ4v) is 4.35. The van der Waals surface area contributed by atoms with Crippen molar-refractivity contribution in [2.75, 3.05) is 13.1 Å². The first-order chi connectivity index (χ1) is 12.3. The molecule has 128 valence electrons. The highest BCUT2D eigenvalue weighted by molar-refractivity contribution is 5.84. The molecule has 1 saturated heterocycles. The summed E-state index contributed by atoms with van der Waals surface area (Å²) in [4.78, 5) is 7.88. The van der Waals surface area contributed by atoms with Gasteiger partial charge in [0.1, 0.15) is 5.65 Å². The molecule has 0 saturated carbocycles. The Morgan fingerprint density at radius 2 is 2.08 bits per heavy atom. The number of aromatic nitrogens is 2. The lowest BCUT2D eigenvalue weighted by molar-refractivity contribution is 0.599. The number of nitrogens with zero attached hydrogens (tertiary/aromatic N) is 1. The summed E-state index contributed by atoms with van der Waals surface area (Å²) in [5.74, 6) is 0. The Balaban J connectivity index is 1.66. The second-order valence-corrected chi connectivity index (χ2v) is 7.37. The van der Waals surface area contributed by atoms with Crippen LogP contribution >= 0.6 is 0 Å². The van der Waals surface area contributed by atoms with E-state index in [0.717, 1.165) is 31.7 Å². The highest BCUT2D eigenvalue weighted by atomic mass is 14.9. The Morgan fingerprint density at radius 1 is 1.12 bits per heavy atom. The number of pyridine rings is 1. The van der Waals surface area contributed by atoms with Gasteiger partial charge in [0.05, 0.1) is 0 Å². The molecule has 5 rings (SSSR count). The van der Waals surface area contributed by atoms with Crippen LogP contribution in [0.25, 0.3) is 22.2 Å². The Kier molecular flexibility index (Phi) is 3.61. The zero-order valence-electron chi connectivity index (χ0n) is 14.7. The van der Waals surface area contributed by atoms with Gasteiger partial charge in [0.2, 0.25) is 0 Å². The van der Waals surface area contributed by atoms with E-state index in [1.54, 1.807) is 0 Å². The van der Waals surface area contributed by atoms with Gasteiger partial charge in [-0.2, -0.15) is 0 Å². The normalized spacial score (nSPS) is 20.1. The number of aromatic amines is 1. The lowest BCUT2D eigenvalue weighted by Crippen LogP contribution is -2.27. The quantitative estimate of drug-likeness (QED) is 0.672. The van der Waals surface area contributed by atoms with Gasteiger partial charge in [0.25, 0.3) is 0 Å². The third-order valence-corrected chi connectivity index (χ3v) is 5.76. The Bertz CT molecular complexity index is 934. The van der Waals surface area contributed by atoms with Crippen LogP contribution in [0.3, 0.4) is 0 Å². The van der Waals surface area contributed by atoms with E-state index < -0.39 is 0 Å². The van der Waals surface area contributed by atoms with E-state index in [0.29, 0.717) is 6.04 Å². The molecule has 0 unspecified atom stereocenters. The lowest BCUT2D eigenvalue weighted by Gasteiger charge is -2.25. The molecule has 4 nitrogen and oxygen atoms in total. The van der Waals surface area contributed by atoms with Crippen molar-refractivity contribution in [3.05, 3.63) is 52.8 Å². The van der Waals surface area contributed by atoms with Crippen molar-refractivity contribution >= 4 is 11.0 Å². The third kappa shape index (κ3) is 2.57. The number of aryl methyl sites for hydroxylation is 1. The Morgan fingerprint density at radius 3 is 2.96 bits per heavy atom. The van der Waals surface area contributed by atoms with E-state index in [1.165, 1.54) is 51.6 Å². The van der Waals surface area contributed by atoms with Crippen molar-refractivity contribution in [1.82, 2.24) is 20.6 Å². The van der Waals surface area contributed by atoms with Gasteiger partial charge in [-0.05, 0) is 79.2 Å². The third-order valence-electron chi connectivity index (χ3n) is 5.76. The maximum absolute atomic E-state index is 4.63. The highest BCUT2D eigenvalue weighted by Crippen LogP contribution is 2.34. The molecule has 1 fully saturated rings. The zero-order chi connectivity index (χ0) is 16.8. The minimum Gasteiger partial charge on any atom is -0.346 e. The minimum absolute atomic E-state index is 0.499. The summed E-state index contributed by atoms with van der Waals surface area (Å²) >= 11 is 0. The van der Waals surface area contributed by atoms with Gasteiger partial charge in [-0.3, -0.25) is 0 Å². The summed E-state index contributed by atoms with van der Waals surface area (Å²) in [5.41, 5.74) is 9.26. The summed E-state index contributed by atoms with van der Waals surface area (Å²) in [7, 11) is 0. The SMILES string of the molecule is Cc1c[nH]c2ncc(-c3cc4c(c([C@@H]5CCCN5)c3)CNCC4)cc12. The van der Waals surface area contributed by atoms with E-state index in [1.807, 2.05) is 12.4 Å². The number of rotatable bonds is 2. The van der Waals surface area contributed by atoms with Crippen LogP contribution in [0.4, 0.5) is 0 Å². The van der Waals surface area contributed by atoms with Crippen molar-refractivity contribution in [3.63, 3.8) is 0 Å². The number of hydrogen-bond acceptors (Lipinski definition) is 3. The molecular formula is C21H24N4. The van der Waals surface area contributed by atoms with Crippen LogP contribution in [-0.2, 0) is 13.0 Å². The van der Waals surface area contributed by atoms with Gasteiger partial charge < -0.3 is 15.6 Å². The maximum Gasteiger partial charge on any atom is 0.137 e. The van der Waals surface area contributed by atoms with Crippen molar-refractivity contribution in [1.29, 1.82) is 0 Å². The van der Waals surface area contributed by atoms with E-state index in [4.69, 9.17) is 0 Å². The number of nitrogens with one attached hydrogen (secondary N) is 3. The van der Waals surface area contributed by atoms with Gasteiger partial charge in [-0.1, -0.05) is 6.07 Å². The van der Waals surface area contributed by atoms with Gasteiger partial charge in [0, 0.05) is 35.9 Å². The average Bonchev–Trinajstić information content (AvgIpc) is 3.31. The molecule has 0 bridgehead atoms. The lowest BCUT2D eigenvalue weighted by atomic mass is 9.87. The molecule has 3 aromatic rings. The second kappa shape index (κ2) is 5.97. The van der Waals surface area contributed by atoms with Crippen molar-refractivity contribution in [3.8, 4) is 11.1 Å². The Hall–Kier alpha value is -2.17. The standard InChI is InChI=1S/C21H24N4/c1-13-10-24-21-17(13)9-16(11-25-21)15-7-14-4-6-22-12-19(14)18(8-15)20-3-2-5-23-20/h7-11,20,22-23H,2-6,12H2,1H3,(H,24,25)/t20-/m0/s1. The van der Waals surface area contributed by atoms with Crippen LogP contribution in [0.2, 0.25) is 0 Å². The van der Waals surface area contributed by atoms with Gasteiger partial charge in [0.15, 0.2) is 0 Å². The first-order valence-electron chi connectivity index (χ1n) is 9.33. The number of H-pyrrole nitrogens is 1. The number of benzene rings is 1. The predicted octanol–water partition coefficient (Wildman–Crippen LogP) is 3.61. The van der Waals surface area contributed by atoms with E-state index in [2.05, 4.69) is 45.7 Å². The zero-order valence-corrected chi connectivity index (χ0v) is 14.7. The molecule has 1 atom stereocenters. The maximum atomic E-state index is 4.63. The van der Waals surface area contributed by atoms with Gasteiger partial charge in [-0.25, -0.2) is 4.98 Å². The number of hydrogen-bond donors (Lipinski definition) is 3. The van der Waals surface area contributed by atoms with E-state index >= 15 is 0 Å². The molecule has 1 aromatic carbocycles. The first-order valence-corrected chi connectivity index (χ1v) is 9.33. The van der Waals surface area contributed by atoms with Crippen LogP contribution in [0.1, 0.15) is 41.1 Å². The molecule has 25 heavy (non-hydrogen) atoms. The average molecular weight is 332 g/mol. The van der Waals surface area contributed by atoms with Crippen LogP contribution in [-0.4, -0.2) is 23.1 Å². The largest absolute Gasteiger partial charge is 0.346 e. The smallest absolute Gasteiger partial charge is 0.137 e. The fraction of sp³-hybridized carbons (Fsp3) is 0.381. The minimum atomic E-state index is 0.499. The van der Waals surface area contributed by atoms with Crippen LogP contribution in [0, 0.1) is 6.92 Å². The molecule has 4 heterocycles. The van der Waals surface area contributed by atoms with Gasteiger partial charge in [-0.15, -0.1) is 0 Å². The van der Waals surface area contributed by atoms with Crippen molar-refractivity contribution in [2.45, 2.75) is 38.8 Å². The van der Waals surface area contributed by atoms with Crippen LogP contribution in [0.5, 0.6) is 0 Å². The monoisotopic (exact) mass is 332 g/mol. The van der Waals surface area contributed by atoms with Crippen LogP contribution < -0.4 is 10.6 Å². The summed E-state index contributed by atoms with van der Waals surface area (Å²) in [6.07, 6.45) is 7.67. The second-order valence-electron chi connectivity index (χ2n) is 7.37. The summed E-state index contributed by atoms with van der Waals surface area (Å²) in [5, 5.41) is 8.46. The van der Waals surface area contributed by atoms with Crippen molar-refractivity contribution in [2.24, 2.45) is 0 Å². The van der Waals surface area contributed by atoms with Gasteiger partial charge >= 0.3 is 0 Å². The molecular weight excluding hydrogens is 308 g/mol. The summed E-state index contributed by atoms with van der Waals surface area (Å²) in [6.45, 7) is 5.34. The molecule has 0 spiro atoms. The molecule has 2 aliphatic rings. The number of fused-ring (bicyclic) bond motifs is 2. The molecule has 2 aromatic heterocycles. The molecule has 0 amide bonds. The highest BCUT2D eigenvalue weighted by Gasteiger charge is 2.23.